The number of fused-ring (bicyclic) bond motifs is 6. The first kappa shape index (κ1) is 27.2. The molecular formula is C34H38F3N5O2. The van der Waals surface area contributed by atoms with Gasteiger partial charge in [0.1, 0.15) is 35.7 Å². The van der Waals surface area contributed by atoms with Gasteiger partial charge in [0.15, 0.2) is 5.82 Å². The van der Waals surface area contributed by atoms with Crippen molar-refractivity contribution in [3.63, 3.8) is 0 Å². The number of nitrogens with zero attached hydrogens (tertiary/aromatic N) is 4. The number of aryl methyl sites for hydroxylation is 1. The molecule has 4 saturated heterocycles. The van der Waals surface area contributed by atoms with E-state index in [0.717, 1.165) is 75.5 Å². The van der Waals surface area contributed by atoms with Crippen LogP contribution in [0.2, 0.25) is 0 Å². The molecule has 1 spiro atoms. The number of hydrogen-bond donors (Lipinski definition) is 2. The zero-order valence-electron chi connectivity index (χ0n) is 24.8. The summed E-state index contributed by atoms with van der Waals surface area (Å²) in [4.78, 5) is 13.7. The number of anilines is 1. The third-order valence-electron chi connectivity index (χ3n) is 11.8. The second-order valence-corrected chi connectivity index (χ2v) is 14.3. The molecule has 2 N–H and O–H groups in total. The van der Waals surface area contributed by atoms with E-state index in [1.165, 1.54) is 12.1 Å². The van der Waals surface area contributed by atoms with Gasteiger partial charge in [-0.05, 0) is 98.2 Å². The molecule has 0 amide bonds. The van der Waals surface area contributed by atoms with Crippen LogP contribution in [-0.2, 0) is 11.8 Å². The number of alkyl halides is 1. The van der Waals surface area contributed by atoms with Crippen molar-refractivity contribution in [2.75, 3.05) is 37.7 Å². The average molecular weight is 606 g/mol. The number of ether oxygens (including phenoxy) is 1. The van der Waals surface area contributed by atoms with E-state index in [1.54, 1.807) is 6.07 Å². The Morgan fingerprint density at radius 1 is 1.00 bits per heavy atom. The Labute approximate surface area is 254 Å². The Morgan fingerprint density at radius 2 is 1.82 bits per heavy atom. The third-order valence-corrected chi connectivity index (χ3v) is 11.8. The summed E-state index contributed by atoms with van der Waals surface area (Å²) >= 11 is 0. The molecule has 5 heterocycles. The Kier molecular flexibility index (Phi) is 6.00. The molecule has 232 valence electrons. The maximum absolute atomic E-state index is 16.9. The van der Waals surface area contributed by atoms with Crippen LogP contribution in [0.5, 0.6) is 11.8 Å². The summed E-state index contributed by atoms with van der Waals surface area (Å²) in [6, 6.07) is 5.26. The lowest BCUT2D eigenvalue weighted by atomic mass is 9.63. The fraction of sp³-hybridized carbons (Fsp3) is 0.588. The number of hydrogen-bond acceptors (Lipinski definition) is 7. The zero-order valence-corrected chi connectivity index (χ0v) is 24.8. The number of phenols is 1. The lowest BCUT2D eigenvalue weighted by Crippen LogP contribution is -2.51. The largest absolute Gasteiger partial charge is 0.508 e. The molecule has 5 fully saturated rings. The van der Waals surface area contributed by atoms with E-state index in [0.29, 0.717) is 42.8 Å². The lowest BCUT2D eigenvalue weighted by molar-refractivity contribution is 0.107. The van der Waals surface area contributed by atoms with E-state index in [1.807, 2.05) is 0 Å². The van der Waals surface area contributed by atoms with Crippen molar-refractivity contribution in [3.05, 3.63) is 41.0 Å². The van der Waals surface area contributed by atoms with Gasteiger partial charge in [0.05, 0.1) is 11.1 Å². The highest BCUT2D eigenvalue weighted by Crippen LogP contribution is 2.57. The van der Waals surface area contributed by atoms with Gasteiger partial charge in [0, 0.05) is 43.5 Å². The van der Waals surface area contributed by atoms with Gasteiger partial charge < -0.3 is 20.1 Å². The molecule has 4 aliphatic heterocycles. The van der Waals surface area contributed by atoms with Crippen LogP contribution in [0.25, 0.3) is 22.0 Å². The highest BCUT2D eigenvalue weighted by molar-refractivity contribution is 5.94. The number of nitrogens with one attached hydrogen (secondary N) is 1. The molecular weight excluding hydrogens is 567 g/mol. The highest BCUT2D eigenvalue weighted by atomic mass is 19.1. The predicted octanol–water partition coefficient (Wildman–Crippen LogP) is 5.54. The van der Waals surface area contributed by atoms with E-state index >= 15 is 8.78 Å². The summed E-state index contributed by atoms with van der Waals surface area (Å²) in [6.07, 6.45) is 8.23. The monoisotopic (exact) mass is 605 g/mol. The van der Waals surface area contributed by atoms with Crippen LogP contribution in [0.3, 0.4) is 0 Å². The minimum absolute atomic E-state index is 0.0144. The average Bonchev–Trinajstić information content (AvgIpc) is 3.72. The fourth-order valence-corrected chi connectivity index (χ4v) is 9.64. The van der Waals surface area contributed by atoms with Gasteiger partial charge in [-0.3, -0.25) is 4.90 Å². The number of aromatic nitrogens is 2. The number of aromatic hydroxyl groups is 1. The molecule has 7 nitrogen and oxygen atoms in total. The normalized spacial score (nSPS) is 30.2. The van der Waals surface area contributed by atoms with Gasteiger partial charge in [-0.15, -0.1) is 0 Å². The van der Waals surface area contributed by atoms with Crippen LogP contribution in [0.1, 0.15) is 68.9 Å². The van der Waals surface area contributed by atoms with Crippen molar-refractivity contribution in [1.29, 1.82) is 0 Å². The van der Waals surface area contributed by atoms with Gasteiger partial charge in [-0.1, -0.05) is 6.42 Å². The van der Waals surface area contributed by atoms with Crippen LogP contribution in [0.4, 0.5) is 19.0 Å². The summed E-state index contributed by atoms with van der Waals surface area (Å²) in [5.74, 6) is -0.951. The van der Waals surface area contributed by atoms with Gasteiger partial charge in [0.25, 0.3) is 0 Å². The maximum atomic E-state index is 16.9. The first-order valence-electron chi connectivity index (χ1n) is 16.4. The molecule has 10 heteroatoms. The fourth-order valence-electron chi connectivity index (χ4n) is 9.64. The summed E-state index contributed by atoms with van der Waals surface area (Å²) in [5.41, 5.74) is 1.76. The standard InChI is InChI=1S/C34H38F3N5O2/c35-20-14-34(8-2-10-42(34)15-20)18-44-32-39-30-25(31(40-32)41-16-21-3-4-22(17-41)38-21)13-26(36)27(29(30)37)24-12-23(43)11-19-5-9-33(28(19)24)6-1-7-33/h11-13,20-22,38,43H,1-10,14-18H2/t20-,21?,22?,34+/m1/s1. The van der Waals surface area contributed by atoms with Gasteiger partial charge in [0.2, 0.25) is 0 Å². The van der Waals surface area contributed by atoms with E-state index < -0.39 is 23.3 Å². The van der Waals surface area contributed by atoms with Crippen LogP contribution in [0, 0.1) is 11.6 Å². The van der Waals surface area contributed by atoms with Crippen LogP contribution >= 0.6 is 0 Å². The predicted molar refractivity (Wildman–Crippen MR) is 161 cm³/mol. The molecule has 9 rings (SSSR count). The minimum atomic E-state index is -0.894. The van der Waals surface area contributed by atoms with Gasteiger partial charge in [-0.2, -0.15) is 9.97 Å². The molecule has 2 bridgehead atoms. The number of halogens is 3. The van der Waals surface area contributed by atoms with E-state index in [2.05, 4.69) is 20.1 Å². The summed E-state index contributed by atoms with van der Waals surface area (Å²) in [6.45, 7) is 2.82. The Hall–Kier alpha value is -3.11. The van der Waals surface area contributed by atoms with Crippen LogP contribution < -0.4 is 15.0 Å². The van der Waals surface area contributed by atoms with E-state index in [-0.39, 0.29) is 46.9 Å². The second-order valence-electron chi connectivity index (χ2n) is 14.3. The zero-order chi connectivity index (χ0) is 29.8. The van der Waals surface area contributed by atoms with Crippen LogP contribution in [-0.4, -0.2) is 76.6 Å². The molecule has 1 saturated carbocycles. The topological polar surface area (TPSA) is 73.8 Å². The number of benzene rings is 2. The van der Waals surface area contributed by atoms with Crippen molar-refractivity contribution >= 4 is 16.7 Å². The molecule has 3 aromatic rings. The Balaban J connectivity index is 1.18. The second kappa shape index (κ2) is 9.69. The van der Waals surface area contributed by atoms with Crippen LogP contribution in [0.15, 0.2) is 18.2 Å². The first-order chi connectivity index (χ1) is 21.3. The quantitative estimate of drug-likeness (QED) is 0.396. The van der Waals surface area contributed by atoms with E-state index in [4.69, 9.17) is 9.72 Å². The maximum Gasteiger partial charge on any atom is 0.319 e. The molecule has 0 radical (unpaired) electrons. The number of rotatable bonds is 5. The number of phenolic OH excluding ortho intramolecular Hbond substituents is 1. The van der Waals surface area contributed by atoms with Gasteiger partial charge in [-0.25, -0.2) is 13.2 Å². The van der Waals surface area contributed by atoms with Crippen molar-refractivity contribution < 1.29 is 23.0 Å². The van der Waals surface area contributed by atoms with E-state index in [9.17, 15) is 9.50 Å². The molecule has 2 aromatic carbocycles. The number of piperazine rings is 1. The molecule has 1 aromatic heterocycles. The van der Waals surface area contributed by atoms with Crippen molar-refractivity contribution in [1.82, 2.24) is 20.2 Å². The summed E-state index contributed by atoms with van der Waals surface area (Å²) < 4.78 is 54.0. The summed E-state index contributed by atoms with van der Waals surface area (Å²) in [5, 5.41) is 14.6. The summed E-state index contributed by atoms with van der Waals surface area (Å²) in [7, 11) is 0. The SMILES string of the molecule is Oc1cc2c(c(-c3c(F)cc4c(N5CC6CCC(C5)N6)nc(OC[C@@]56CCCN5C[C@H](F)C6)nc4c3F)c1)C1(CCC1)CC2. The highest BCUT2D eigenvalue weighted by Gasteiger charge is 2.50. The third kappa shape index (κ3) is 4.02. The van der Waals surface area contributed by atoms with Gasteiger partial charge >= 0.3 is 6.01 Å². The first-order valence-corrected chi connectivity index (χ1v) is 16.4. The smallest absolute Gasteiger partial charge is 0.319 e. The Bertz CT molecular complexity index is 1670. The lowest BCUT2D eigenvalue weighted by Gasteiger charge is -2.40. The van der Waals surface area contributed by atoms with Crippen molar-refractivity contribution in [3.8, 4) is 22.9 Å². The minimum Gasteiger partial charge on any atom is -0.508 e. The van der Waals surface area contributed by atoms with Crippen molar-refractivity contribution in [2.24, 2.45) is 0 Å². The molecule has 6 aliphatic rings. The van der Waals surface area contributed by atoms with Crippen molar-refractivity contribution in [2.45, 2.75) is 93.4 Å². The molecule has 2 unspecified atom stereocenters. The molecule has 2 aliphatic carbocycles. The molecule has 4 atom stereocenters. The molecule has 44 heavy (non-hydrogen) atoms. The Morgan fingerprint density at radius 3 is 2.59 bits per heavy atom.